The molecule has 1 aromatic carbocycles. The third kappa shape index (κ3) is 3.68. The Bertz CT molecular complexity index is 1070. The molecule has 0 aliphatic carbocycles. The van der Waals surface area contributed by atoms with Crippen molar-refractivity contribution in [1.82, 2.24) is 19.9 Å². The van der Waals surface area contributed by atoms with Crippen LogP contribution in [-0.4, -0.2) is 58.0 Å². The normalized spacial score (nSPS) is 21.1. The van der Waals surface area contributed by atoms with E-state index in [2.05, 4.69) is 25.2 Å². The van der Waals surface area contributed by atoms with E-state index in [0.29, 0.717) is 22.5 Å². The van der Waals surface area contributed by atoms with Crippen molar-refractivity contribution in [2.24, 2.45) is 5.92 Å². The Balaban J connectivity index is 1.28. The Morgan fingerprint density at radius 1 is 1.17 bits per heavy atom. The van der Waals surface area contributed by atoms with Crippen molar-refractivity contribution >= 4 is 51.6 Å². The summed E-state index contributed by atoms with van der Waals surface area (Å²) >= 11 is 12.1. The van der Waals surface area contributed by atoms with Gasteiger partial charge >= 0.3 is 0 Å². The van der Waals surface area contributed by atoms with Crippen LogP contribution >= 0.6 is 23.2 Å². The zero-order valence-corrected chi connectivity index (χ0v) is 17.8. The van der Waals surface area contributed by atoms with E-state index in [4.69, 9.17) is 23.2 Å². The van der Waals surface area contributed by atoms with Gasteiger partial charge in [-0.3, -0.25) is 4.79 Å². The lowest BCUT2D eigenvalue weighted by atomic mass is 9.92. The molecule has 2 N–H and O–H groups in total. The average molecular weight is 445 g/mol. The molecule has 30 heavy (non-hydrogen) atoms. The van der Waals surface area contributed by atoms with E-state index in [1.165, 1.54) is 0 Å². The number of H-pyrrole nitrogens is 1. The second kappa shape index (κ2) is 7.96. The van der Waals surface area contributed by atoms with Gasteiger partial charge in [-0.2, -0.15) is 0 Å². The smallest absolute Gasteiger partial charge is 0.241 e. The van der Waals surface area contributed by atoms with Gasteiger partial charge in [0.2, 0.25) is 5.91 Å². The molecule has 2 aromatic heterocycles. The standard InChI is InChI=1S/C21H22Cl2N6O/c22-14-7-15(23)9-16(8-14)25-10-19(30)28-5-2-13-3-6-29(18(13)11-28)21-17-1-4-24-20(17)26-12-27-21/h1,4,7-9,12-13,18,25H,2-3,5-6,10-11H2,(H,24,26,27). The van der Waals surface area contributed by atoms with Crippen LogP contribution in [0.3, 0.4) is 0 Å². The number of hydrogen-bond acceptors (Lipinski definition) is 5. The van der Waals surface area contributed by atoms with E-state index in [9.17, 15) is 4.79 Å². The molecule has 5 rings (SSSR count). The van der Waals surface area contributed by atoms with Gasteiger partial charge in [0, 0.05) is 41.6 Å². The van der Waals surface area contributed by atoms with Gasteiger partial charge in [-0.25, -0.2) is 9.97 Å². The van der Waals surface area contributed by atoms with Crippen LogP contribution in [0.15, 0.2) is 36.8 Å². The van der Waals surface area contributed by atoms with Gasteiger partial charge in [-0.1, -0.05) is 23.2 Å². The van der Waals surface area contributed by atoms with Crippen molar-refractivity contribution in [2.75, 3.05) is 36.4 Å². The quantitative estimate of drug-likeness (QED) is 0.639. The van der Waals surface area contributed by atoms with Gasteiger partial charge in [0.25, 0.3) is 0 Å². The number of carbonyl (C=O) groups is 1. The number of nitrogens with one attached hydrogen (secondary N) is 2. The summed E-state index contributed by atoms with van der Waals surface area (Å²) in [6.45, 7) is 2.66. The van der Waals surface area contributed by atoms with E-state index in [1.807, 2.05) is 17.2 Å². The number of anilines is 2. The van der Waals surface area contributed by atoms with Crippen LogP contribution < -0.4 is 10.2 Å². The van der Waals surface area contributed by atoms with E-state index in [0.717, 1.165) is 48.5 Å². The van der Waals surface area contributed by atoms with Gasteiger partial charge in [0.05, 0.1) is 18.0 Å². The maximum atomic E-state index is 12.9. The molecule has 0 saturated carbocycles. The first-order valence-corrected chi connectivity index (χ1v) is 10.9. The molecule has 2 aliphatic heterocycles. The third-order valence-electron chi connectivity index (χ3n) is 6.13. The summed E-state index contributed by atoms with van der Waals surface area (Å²) in [5.41, 5.74) is 1.59. The van der Waals surface area contributed by atoms with E-state index in [-0.39, 0.29) is 18.5 Å². The lowest BCUT2D eigenvalue weighted by Crippen LogP contribution is -2.51. The second-order valence-electron chi connectivity index (χ2n) is 7.89. The highest BCUT2D eigenvalue weighted by Crippen LogP contribution is 2.36. The number of likely N-dealkylation sites (tertiary alicyclic amines) is 1. The van der Waals surface area contributed by atoms with E-state index < -0.39 is 0 Å². The van der Waals surface area contributed by atoms with Crippen molar-refractivity contribution < 1.29 is 4.79 Å². The molecule has 4 heterocycles. The number of hydrogen-bond donors (Lipinski definition) is 2. The number of halogens is 2. The highest BCUT2D eigenvalue weighted by Gasteiger charge is 2.40. The SMILES string of the molecule is O=C(CNc1cc(Cl)cc(Cl)c1)N1CCC2CCN(c3ncnc4[nH]ccc34)C2C1. The predicted octanol–water partition coefficient (Wildman–Crippen LogP) is 3.80. The number of piperidine rings is 1. The molecular formula is C21H22Cl2N6O. The monoisotopic (exact) mass is 444 g/mol. The first kappa shape index (κ1) is 19.5. The molecule has 1 amide bonds. The number of aromatic amines is 1. The summed E-state index contributed by atoms with van der Waals surface area (Å²) in [6.07, 6.45) is 5.63. The number of aromatic nitrogens is 3. The molecule has 7 nitrogen and oxygen atoms in total. The van der Waals surface area contributed by atoms with Crippen LogP contribution in [0.2, 0.25) is 10.0 Å². The molecule has 0 radical (unpaired) electrons. The first-order valence-electron chi connectivity index (χ1n) is 10.1. The van der Waals surface area contributed by atoms with Crippen LogP contribution in [0.1, 0.15) is 12.8 Å². The Kier molecular flexibility index (Phi) is 5.16. The molecule has 2 atom stereocenters. The average Bonchev–Trinajstić information content (AvgIpc) is 3.37. The highest BCUT2D eigenvalue weighted by molar-refractivity contribution is 6.35. The highest BCUT2D eigenvalue weighted by atomic mass is 35.5. The molecule has 2 aliphatic rings. The predicted molar refractivity (Wildman–Crippen MR) is 119 cm³/mol. The van der Waals surface area contributed by atoms with Gasteiger partial charge in [-0.15, -0.1) is 0 Å². The van der Waals surface area contributed by atoms with Crippen LogP contribution in [0, 0.1) is 5.92 Å². The first-order chi connectivity index (χ1) is 14.6. The van der Waals surface area contributed by atoms with Crippen molar-refractivity contribution in [3.63, 3.8) is 0 Å². The van der Waals surface area contributed by atoms with Crippen LogP contribution in [0.5, 0.6) is 0 Å². The molecule has 2 saturated heterocycles. The van der Waals surface area contributed by atoms with Gasteiger partial charge in [-0.05, 0) is 43.0 Å². The minimum atomic E-state index is 0.0749. The summed E-state index contributed by atoms with van der Waals surface area (Å²) in [6, 6.07) is 7.50. The zero-order chi connectivity index (χ0) is 20.7. The Morgan fingerprint density at radius 3 is 2.80 bits per heavy atom. The number of fused-ring (bicyclic) bond motifs is 2. The number of carbonyl (C=O) groups excluding carboxylic acids is 1. The van der Waals surface area contributed by atoms with Crippen molar-refractivity contribution in [2.45, 2.75) is 18.9 Å². The molecule has 3 aromatic rings. The molecule has 0 spiro atoms. The second-order valence-corrected chi connectivity index (χ2v) is 8.76. The zero-order valence-electron chi connectivity index (χ0n) is 16.3. The summed E-state index contributed by atoms with van der Waals surface area (Å²) in [7, 11) is 0. The van der Waals surface area contributed by atoms with Crippen LogP contribution in [-0.2, 0) is 4.79 Å². The van der Waals surface area contributed by atoms with Gasteiger partial charge in [0.15, 0.2) is 0 Å². The molecule has 0 bridgehead atoms. The number of benzene rings is 1. The van der Waals surface area contributed by atoms with Crippen LogP contribution in [0.4, 0.5) is 11.5 Å². The summed E-state index contributed by atoms with van der Waals surface area (Å²) in [5, 5.41) is 5.26. The fourth-order valence-corrected chi connectivity index (χ4v) is 5.19. The Labute approximate surface area is 184 Å². The lowest BCUT2D eigenvalue weighted by Gasteiger charge is -2.39. The largest absolute Gasteiger partial charge is 0.376 e. The number of nitrogens with zero attached hydrogens (tertiary/aromatic N) is 4. The Morgan fingerprint density at radius 2 is 1.97 bits per heavy atom. The van der Waals surface area contributed by atoms with Crippen molar-refractivity contribution in [3.8, 4) is 0 Å². The van der Waals surface area contributed by atoms with Gasteiger partial charge < -0.3 is 20.1 Å². The number of amides is 1. The molecule has 9 heteroatoms. The maximum Gasteiger partial charge on any atom is 0.241 e. The Hall–Kier alpha value is -2.51. The van der Waals surface area contributed by atoms with Crippen molar-refractivity contribution in [3.05, 3.63) is 46.8 Å². The molecule has 2 unspecified atom stereocenters. The topological polar surface area (TPSA) is 77.2 Å². The maximum absolute atomic E-state index is 12.9. The third-order valence-corrected chi connectivity index (χ3v) is 6.56. The van der Waals surface area contributed by atoms with Crippen LogP contribution in [0.25, 0.3) is 11.0 Å². The van der Waals surface area contributed by atoms with Gasteiger partial charge in [0.1, 0.15) is 17.8 Å². The molecular weight excluding hydrogens is 423 g/mol. The fraction of sp³-hybridized carbons (Fsp3) is 0.381. The number of rotatable bonds is 4. The summed E-state index contributed by atoms with van der Waals surface area (Å²) in [4.78, 5) is 29.2. The molecule has 2 fully saturated rings. The van der Waals surface area contributed by atoms with Crippen molar-refractivity contribution in [1.29, 1.82) is 0 Å². The lowest BCUT2D eigenvalue weighted by molar-refractivity contribution is -0.130. The van der Waals surface area contributed by atoms with E-state index >= 15 is 0 Å². The summed E-state index contributed by atoms with van der Waals surface area (Å²) in [5.74, 6) is 1.61. The fourth-order valence-electron chi connectivity index (χ4n) is 4.66. The molecule has 156 valence electrons. The summed E-state index contributed by atoms with van der Waals surface area (Å²) < 4.78 is 0. The minimum absolute atomic E-state index is 0.0749. The van der Waals surface area contributed by atoms with E-state index in [1.54, 1.807) is 24.5 Å². The minimum Gasteiger partial charge on any atom is -0.376 e.